The van der Waals surface area contributed by atoms with Gasteiger partial charge >= 0.3 is 17.8 Å². The number of morpholine rings is 1. The zero-order valence-corrected chi connectivity index (χ0v) is 19.9. The molecule has 4 atom stereocenters. The standard InChI is InChI=1S/C25H29ClN2O6/c1-15-13-34-14-16(2)28(15)24(31)23(30)27-21(12-22(29)25(32)33)10-17-6-8-18(9-7-17)19-4-3-5-20(26)11-19/h3-9,11,15-16,21-22,29H,10,12-14H2,1-2H3,(H,27,30)(H,32,33)/t15-,16-,21+,22+/m0/s1. The molecule has 8 nitrogen and oxygen atoms in total. The quantitative estimate of drug-likeness (QED) is 0.516. The van der Waals surface area contributed by atoms with E-state index in [2.05, 4.69) is 5.32 Å². The first-order valence-corrected chi connectivity index (χ1v) is 11.5. The maximum atomic E-state index is 12.8. The number of carbonyl (C=O) groups excluding carboxylic acids is 2. The summed E-state index contributed by atoms with van der Waals surface area (Å²) in [5, 5.41) is 22.3. The van der Waals surface area contributed by atoms with Gasteiger partial charge < -0.3 is 25.2 Å². The van der Waals surface area contributed by atoms with E-state index in [-0.39, 0.29) is 24.9 Å². The number of ether oxygens (including phenoxy) is 1. The number of aliphatic hydroxyl groups is 1. The Labute approximate surface area is 203 Å². The Hall–Kier alpha value is -2.94. The number of nitrogens with zero attached hydrogens (tertiary/aromatic N) is 1. The number of aliphatic hydroxyl groups excluding tert-OH is 1. The lowest BCUT2D eigenvalue weighted by molar-refractivity contribution is -0.155. The Morgan fingerprint density at radius 3 is 2.32 bits per heavy atom. The fraction of sp³-hybridized carbons (Fsp3) is 0.400. The lowest BCUT2D eigenvalue weighted by atomic mass is 9.97. The van der Waals surface area contributed by atoms with Crippen LogP contribution in [0.2, 0.25) is 5.02 Å². The Morgan fingerprint density at radius 2 is 1.74 bits per heavy atom. The summed E-state index contributed by atoms with van der Waals surface area (Å²) in [5.74, 6) is -2.93. The largest absolute Gasteiger partial charge is 0.479 e. The van der Waals surface area contributed by atoms with Crippen molar-refractivity contribution in [2.24, 2.45) is 0 Å². The van der Waals surface area contributed by atoms with Crippen LogP contribution in [0.3, 0.4) is 0 Å². The second kappa shape index (κ2) is 11.5. The number of carboxylic acid groups (broad SMARTS) is 1. The third kappa shape index (κ3) is 6.56. The molecule has 0 saturated carbocycles. The van der Waals surface area contributed by atoms with Gasteiger partial charge in [-0.15, -0.1) is 0 Å². The molecule has 9 heteroatoms. The van der Waals surface area contributed by atoms with E-state index in [9.17, 15) is 19.5 Å². The number of carboxylic acids is 1. The van der Waals surface area contributed by atoms with Crippen LogP contribution >= 0.6 is 11.6 Å². The first kappa shape index (κ1) is 25.7. The Morgan fingerprint density at radius 1 is 1.09 bits per heavy atom. The van der Waals surface area contributed by atoms with Crippen LogP contribution in [0.25, 0.3) is 11.1 Å². The van der Waals surface area contributed by atoms with Crippen LogP contribution in [0.5, 0.6) is 0 Å². The molecule has 2 amide bonds. The fourth-order valence-electron chi connectivity index (χ4n) is 4.12. The summed E-state index contributed by atoms with van der Waals surface area (Å²) in [6.07, 6.45) is -1.67. The van der Waals surface area contributed by atoms with E-state index in [0.29, 0.717) is 18.2 Å². The van der Waals surface area contributed by atoms with Gasteiger partial charge in [-0.3, -0.25) is 9.59 Å². The first-order chi connectivity index (χ1) is 16.2. The van der Waals surface area contributed by atoms with Gasteiger partial charge in [-0.1, -0.05) is 48.0 Å². The summed E-state index contributed by atoms with van der Waals surface area (Å²) < 4.78 is 5.41. The molecule has 2 aromatic carbocycles. The number of halogens is 1. The fourth-order valence-corrected chi connectivity index (χ4v) is 4.31. The molecule has 1 saturated heterocycles. The van der Waals surface area contributed by atoms with Crippen molar-refractivity contribution in [1.29, 1.82) is 0 Å². The Bertz CT molecular complexity index is 1020. The molecule has 1 fully saturated rings. The highest BCUT2D eigenvalue weighted by molar-refractivity contribution is 6.35. The lowest BCUT2D eigenvalue weighted by Gasteiger charge is -2.38. The van der Waals surface area contributed by atoms with E-state index in [4.69, 9.17) is 21.4 Å². The van der Waals surface area contributed by atoms with Gasteiger partial charge in [0.25, 0.3) is 0 Å². The Balaban J connectivity index is 1.73. The summed E-state index contributed by atoms with van der Waals surface area (Å²) in [7, 11) is 0. The monoisotopic (exact) mass is 488 g/mol. The van der Waals surface area contributed by atoms with Gasteiger partial charge in [0, 0.05) is 17.5 Å². The van der Waals surface area contributed by atoms with Crippen molar-refractivity contribution in [2.75, 3.05) is 13.2 Å². The van der Waals surface area contributed by atoms with Gasteiger partial charge in [0.2, 0.25) is 0 Å². The van der Waals surface area contributed by atoms with E-state index >= 15 is 0 Å². The van der Waals surface area contributed by atoms with Crippen LogP contribution in [-0.4, -0.2) is 70.3 Å². The van der Waals surface area contributed by atoms with Crippen LogP contribution in [0, 0.1) is 0 Å². The number of amides is 2. The highest BCUT2D eigenvalue weighted by atomic mass is 35.5. The smallest absolute Gasteiger partial charge is 0.332 e. The molecule has 0 bridgehead atoms. The predicted molar refractivity (Wildman–Crippen MR) is 127 cm³/mol. The number of carbonyl (C=O) groups is 3. The van der Waals surface area contributed by atoms with E-state index < -0.39 is 29.9 Å². The average molecular weight is 489 g/mol. The third-order valence-electron chi connectivity index (χ3n) is 5.82. The van der Waals surface area contributed by atoms with Gasteiger partial charge in [-0.2, -0.15) is 0 Å². The van der Waals surface area contributed by atoms with E-state index in [0.717, 1.165) is 16.7 Å². The minimum atomic E-state index is -1.67. The second-order valence-corrected chi connectivity index (χ2v) is 9.06. The molecule has 0 radical (unpaired) electrons. The molecule has 3 rings (SSSR count). The number of hydrogen-bond acceptors (Lipinski definition) is 5. The topological polar surface area (TPSA) is 116 Å². The SMILES string of the molecule is C[C@H]1COC[C@H](C)N1C(=O)C(=O)N[C@H](Cc1ccc(-c2cccc(Cl)c2)cc1)C[C@@H](O)C(=O)O. The summed E-state index contributed by atoms with van der Waals surface area (Å²) in [6.45, 7) is 4.27. The number of hydrogen-bond donors (Lipinski definition) is 3. The predicted octanol–water partition coefficient (Wildman–Crippen LogP) is 2.51. The van der Waals surface area contributed by atoms with Gasteiger partial charge in [0.05, 0.1) is 25.3 Å². The normalized spacial score (nSPS) is 19.8. The number of rotatable bonds is 7. The van der Waals surface area contributed by atoms with Crippen molar-refractivity contribution < 1.29 is 29.3 Å². The highest BCUT2D eigenvalue weighted by Crippen LogP contribution is 2.23. The summed E-state index contributed by atoms with van der Waals surface area (Å²) >= 11 is 6.07. The molecule has 0 aliphatic carbocycles. The molecular formula is C25H29ClN2O6. The molecular weight excluding hydrogens is 460 g/mol. The number of aliphatic carboxylic acids is 1. The van der Waals surface area contributed by atoms with Crippen molar-refractivity contribution >= 4 is 29.4 Å². The molecule has 0 unspecified atom stereocenters. The molecule has 1 aliphatic heterocycles. The molecule has 3 N–H and O–H groups in total. The molecule has 0 aromatic heterocycles. The van der Waals surface area contributed by atoms with Crippen LogP contribution in [0.1, 0.15) is 25.8 Å². The highest BCUT2D eigenvalue weighted by Gasteiger charge is 2.34. The molecule has 34 heavy (non-hydrogen) atoms. The molecule has 2 aromatic rings. The Kier molecular flexibility index (Phi) is 8.66. The van der Waals surface area contributed by atoms with Gasteiger partial charge in [0.1, 0.15) is 0 Å². The summed E-state index contributed by atoms with van der Waals surface area (Å²) in [4.78, 5) is 38.3. The van der Waals surface area contributed by atoms with Crippen molar-refractivity contribution in [3.05, 3.63) is 59.1 Å². The van der Waals surface area contributed by atoms with Crippen molar-refractivity contribution in [3.63, 3.8) is 0 Å². The molecule has 1 heterocycles. The van der Waals surface area contributed by atoms with Crippen LogP contribution < -0.4 is 5.32 Å². The first-order valence-electron chi connectivity index (χ1n) is 11.1. The van der Waals surface area contributed by atoms with Gasteiger partial charge in [-0.25, -0.2) is 4.79 Å². The maximum Gasteiger partial charge on any atom is 0.332 e. The van der Waals surface area contributed by atoms with Crippen molar-refractivity contribution in [1.82, 2.24) is 10.2 Å². The van der Waals surface area contributed by atoms with E-state index in [1.807, 2.05) is 42.5 Å². The number of benzene rings is 2. The zero-order valence-electron chi connectivity index (χ0n) is 19.1. The minimum absolute atomic E-state index is 0.237. The van der Waals surface area contributed by atoms with Crippen LogP contribution in [0.15, 0.2) is 48.5 Å². The van der Waals surface area contributed by atoms with E-state index in [1.165, 1.54) is 4.90 Å². The summed E-state index contributed by atoms with van der Waals surface area (Å²) in [6, 6.07) is 13.7. The third-order valence-corrected chi connectivity index (χ3v) is 6.05. The number of nitrogens with one attached hydrogen (secondary N) is 1. The van der Waals surface area contributed by atoms with Crippen LogP contribution in [-0.2, 0) is 25.5 Å². The van der Waals surface area contributed by atoms with Crippen LogP contribution in [0.4, 0.5) is 0 Å². The summed E-state index contributed by atoms with van der Waals surface area (Å²) in [5.41, 5.74) is 2.71. The van der Waals surface area contributed by atoms with Crippen molar-refractivity contribution in [3.8, 4) is 11.1 Å². The molecule has 182 valence electrons. The van der Waals surface area contributed by atoms with Gasteiger partial charge in [-0.05, 0) is 49.1 Å². The second-order valence-electron chi connectivity index (χ2n) is 8.62. The zero-order chi connectivity index (χ0) is 24.8. The van der Waals surface area contributed by atoms with E-state index in [1.54, 1.807) is 19.9 Å². The lowest BCUT2D eigenvalue weighted by Crippen LogP contribution is -2.57. The minimum Gasteiger partial charge on any atom is -0.479 e. The molecule has 0 spiro atoms. The van der Waals surface area contributed by atoms with Gasteiger partial charge in [0.15, 0.2) is 6.10 Å². The van der Waals surface area contributed by atoms with Crippen molar-refractivity contribution in [2.45, 2.75) is 50.9 Å². The maximum absolute atomic E-state index is 12.8. The molecule has 1 aliphatic rings. The average Bonchev–Trinajstić information content (AvgIpc) is 2.79.